The molecular formula is C14H17BBrNO4S. The number of rotatable bonds is 6. The molecule has 0 bridgehead atoms. The topological polar surface area (TPSA) is 68.5 Å². The Bertz CT molecular complexity index is 741. The van der Waals surface area contributed by atoms with Crippen LogP contribution in [0.1, 0.15) is 11.3 Å². The highest BCUT2D eigenvalue weighted by Crippen LogP contribution is 2.17. The predicted octanol–water partition coefficient (Wildman–Crippen LogP) is 2.47. The summed E-state index contributed by atoms with van der Waals surface area (Å²) >= 11 is 3.34. The Hall–Kier alpha value is -1.09. The van der Waals surface area contributed by atoms with E-state index in [1.54, 1.807) is 29.6 Å². The van der Waals surface area contributed by atoms with E-state index in [0.717, 1.165) is 15.7 Å². The van der Waals surface area contributed by atoms with Crippen LogP contribution < -0.4 is 0 Å². The maximum atomic E-state index is 12.1. The number of benzene rings is 1. The van der Waals surface area contributed by atoms with Crippen molar-refractivity contribution in [1.29, 1.82) is 0 Å². The van der Waals surface area contributed by atoms with Crippen LogP contribution in [-0.2, 0) is 20.7 Å². The van der Waals surface area contributed by atoms with Crippen molar-refractivity contribution in [2.24, 2.45) is 0 Å². The smallest absolute Gasteiger partial charge is 0.413 e. The highest BCUT2D eigenvalue weighted by Gasteiger charge is 2.17. The van der Waals surface area contributed by atoms with Gasteiger partial charge in [-0.3, -0.25) is 4.18 Å². The van der Waals surface area contributed by atoms with Crippen molar-refractivity contribution in [1.82, 2.24) is 4.48 Å². The molecule has 0 aliphatic heterocycles. The molecular weight excluding hydrogens is 369 g/mol. The molecule has 0 aliphatic rings. The number of nitrogens with zero attached hydrogens (tertiary/aromatic N) is 1. The highest BCUT2D eigenvalue weighted by atomic mass is 79.9. The molecule has 0 spiro atoms. The summed E-state index contributed by atoms with van der Waals surface area (Å²) in [6, 6.07) is 8.34. The lowest BCUT2D eigenvalue weighted by Crippen LogP contribution is -2.22. The highest BCUT2D eigenvalue weighted by molar-refractivity contribution is 9.10. The molecule has 0 saturated heterocycles. The second-order valence-corrected chi connectivity index (χ2v) is 7.56. The molecule has 118 valence electrons. The maximum Gasteiger partial charge on any atom is 0.413 e. The van der Waals surface area contributed by atoms with Crippen LogP contribution in [0.4, 0.5) is 0 Å². The Morgan fingerprint density at radius 3 is 2.55 bits per heavy atom. The summed E-state index contributed by atoms with van der Waals surface area (Å²) in [7, 11) is -4.44. The first-order valence-electron chi connectivity index (χ1n) is 6.80. The fraction of sp³-hybridized carbons (Fsp3) is 0.286. The van der Waals surface area contributed by atoms with Crippen molar-refractivity contribution in [3.63, 3.8) is 0 Å². The van der Waals surface area contributed by atoms with Gasteiger partial charge in [-0.1, -0.05) is 17.7 Å². The second kappa shape index (κ2) is 7.00. The van der Waals surface area contributed by atoms with Crippen LogP contribution in [0, 0.1) is 6.92 Å². The van der Waals surface area contributed by atoms with E-state index < -0.39 is 17.2 Å². The van der Waals surface area contributed by atoms with E-state index in [9.17, 15) is 13.4 Å². The zero-order chi connectivity index (χ0) is 16.3. The Morgan fingerprint density at radius 2 is 1.95 bits per heavy atom. The fourth-order valence-corrected chi connectivity index (χ4v) is 3.46. The molecule has 1 aromatic heterocycles. The number of hydrogen-bond acceptors (Lipinski definition) is 4. The Labute approximate surface area is 139 Å². The summed E-state index contributed by atoms with van der Waals surface area (Å²) in [5.41, 5.74) is 1.78. The standard InChI is InChI=1S/C14H17BBrNO4S/c1-11-3-5-14(6-4-11)22(19,20)21-8-7-13-9-12(16)10-17(13)15(2)18/h3-6,9-10,18H,7-8H2,1-2H3. The minimum atomic E-state index is -3.76. The lowest BCUT2D eigenvalue weighted by atomic mass is 9.87. The first-order valence-corrected chi connectivity index (χ1v) is 9.00. The summed E-state index contributed by atoms with van der Waals surface area (Å²) in [5.74, 6) is 0. The van der Waals surface area contributed by atoms with Crippen molar-refractivity contribution in [3.8, 4) is 0 Å². The Balaban J connectivity index is 2.03. The molecule has 1 N–H and O–H groups in total. The van der Waals surface area contributed by atoms with E-state index in [-0.39, 0.29) is 11.5 Å². The molecule has 2 aromatic rings. The molecule has 0 aliphatic carbocycles. The van der Waals surface area contributed by atoms with Crippen LogP contribution in [0.5, 0.6) is 0 Å². The van der Waals surface area contributed by atoms with Crippen LogP contribution in [0.3, 0.4) is 0 Å². The predicted molar refractivity (Wildman–Crippen MR) is 89.4 cm³/mol. The minimum absolute atomic E-state index is 0.0133. The Morgan fingerprint density at radius 1 is 1.32 bits per heavy atom. The third-order valence-electron chi connectivity index (χ3n) is 3.21. The SMILES string of the molecule is CB(O)n1cc(Br)cc1CCOS(=O)(=O)c1ccc(C)cc1. The zero-order valence-corrected chi connectivity index (χ0v) is 14.8. The van der Waals surface area contributed by atoms with E-state index in [4.69, 9.17) is 4.18 Å². The molecule has 1 aromatic carbocycles. The molecule has 0 fully saturated rings. The number of hydrogen-bond donors (Lipinski definition) is 1. The summed E-state index contributed by atoms with van der Waals surface area (Å²) in [6.07, 6.45) is 2.12. The fourth-order valence-electron chi connectivity index (χ4n) is 2.06. The summed E-state index contributed by atoms with van der Waals surface area (Å²) in [6.45, 7) is 3.54. The van der Waals surface area contributed by atoms with Gasteiger partial charge in [0.1, 0.15) is 0 Å². The van der Waals surface area contributed by atoms with Crippen molar-refractivity contribution < 1.29 is 17.6 Å². The lowest BCUT2D eigenvalue weighted by molar-refractivity contribution is 0.320. The molecule has 0 saturated carbocycles. The maximum absolute atomic E-state index is 12.1. The normalized spacial score (nSPS) is 11.6. The summed E-state index contributed by atoms with van der Waals surface area (Å²) in [4.78, 5) is 0.144. The lowest BCUT2D eigenvalue weighted by Gasteiger charge is -2.10. The first kappa shape index (κ1) is 17.3. The summed E-state index contributed by atoms with van der Waals surface area (Å²) in [5, 5.41) is 9.66. The van der Waals surface area contributed by atoms with Crippen molar-refractivity contribution in [2.75, 3.05) is 6.61 Å². The van der Waals surface area contributed by atoms with Crippen molar-refractivity contribution >= 4 is 33.1 Å². The number of aromatic nitrogens is 1. The first-order chi connectivity index (χ1) is 10.3. The van der Waals surface area contributed by atoms with Gasteiger partial charge in [0.25, 0.3) is 10.1 Å². The van der Waals surface area contributed by atoms with Gasteiger partial charge in [-0.05, 0) is 47.9 Å². The average molecular weight is 386 g/mol. The quantitative estimate of drug-likeness (QED) is 0.612. The van der Waals surface area contributed by atoms with Gasteiger partial charge >= 0.3 is 7.05 Å². The molecule has 8 heteroatoms. The van der Waals surface area contributed by atoms with E-state index in [2.05, 4.69) is 15.9 Å². The molecule has 0 atom stereocenters. The van der Waals surface area contributed by atoms with Crippen LogP contribution in [-0.4, -0.2) is 31.6 Å². The zero-order valence-electron chi connectivity index (χ0n) is 12.4. The molecule has 0 unspecified atom stereocenters. The van der Waals surface area contributed by atoms with Gasteiger partial charge in [0.15, 0.2) is 0 Å². The average Bonchev–Trinajstić information content (AvgIpc) is 2.80. The van der Waals surface area contributed by atoms with Gasteiger partial charge in [0, 0.05) is 22.8 Å². The van der Waals surface area contributed by atoms with Gasteiger partial charge in [-0.15, -0.1) is 0 Å². The molecule has 2 rings (SSSR count). The van der Waals surface area contributed by atoms with Crippen LogP contribution in [0.15, 0.2) is 45.9 Å². The molecule has 0 radical (unpaired) electrons. The van der Waals surface area contributed by atoms with Gasteiger partial charge in [0.2, 0.25) is 0 Å². The largest absolute Gasteiger partial charge is 0.432 e. The van der Waals surface area contributed by atoms with Gasteiger partial charge in [0.05, 0.1) is 11.5 Å². The van der Waals surface area contributed by atoms with E-state index in [1.807, 2.05) is 13.0 Å². The van der Waals surface area contributed by atoms with E-state index in [0.29, 0.717) is 6.42 Å². The van der Waals surface area contributed by atoms with Gasteiger partial charge < -0.3 is 9.50 Å². The van der Waals surface area contributed by atoms with Crippen molar-refractivity contribution in [3.05, 3.63) is 52.3 Å². The number of aryl methyl sites for hydroxylation is 1. The van der Waals surface area contributed by atoms with E-state index >= 15 is 0 Å². The van der Waals surface area contributed by atoms with Crippen LogP contribution in [0.2, 0.25) is 6.82 Å². The van der Waals surface area contributed by atoms with Crippen molar-refractivity contribution in [2.45, 2.75) is 25.1 Å². The minimum Gasteiger partial charge on any atom is -0.432 e. The molecule has 22 heavy (non-hydrogen) atoms. The molecule has 0 amide bonds. The molecule has 1 heterocycles. The second-order valence-electron chi connectivity index (χ2n) is 5.03. The third kappa shape index (κ3) is 4.22. The van der Waals surface area contributed by atoms with Gasteiger partial charge in [-0.25, -0.2) is 0 Å². The van der Waals surface area contributed by atoms with Gasteiger partial charge in [-0.2, -0.15) is 8.42 Å². The van der Waals surface area contributed by atoms with E-state index in [1.165, 1.54) is 12.1 Å². The molecule has 5 nitrogen and oxygen atoms in total. The third-order valence-corrected chi connectivity index (χ3v) is 4.97. The number of halogens is 1. The van der Waals surface area contributed by atoms with Crippen LogP contribution >= 0.6 is 15.9 Å². The Kier molecular flexibility index (Phi) is 5.49. The monoisotopic (exact) mass is 385 g/mol. The van der Waals surface area contributed by atoms with Crippen LogP contribution in [0.25, 0.3) is 0 Å². The summed E-state index contributed by atoms with van der Waals surface area (Å²) < 4.78 is 31.7.